The molecule has 0 bridgehead atoms. The van der Waals surface area contributed by atoms with Crippen LogP contribution in [0.5, 0.6) is 0 Å². The smallest absolute Gasteiger partial charge is 0.330 e. The van der Waals surface area contributed by atoms with E-state index in [4.69, 9.17) is 4.52 Å². The van der Waals surface area contributed by atoms with Crippen molar-refractivity contribution in [3.05, 3.63) is 60.2 Å². The Morgan fingerprint density at radius 1 is 1.12 bits per heavy atom. The van der Waals surface area contributed by atoms with Gasteiger partial charge in [0.25, 0.3) is 5.89 Å². The summed E-state index contributed by atoms with van der Waals surface area (Å²) in [5, 5.41) is 14.8. The zero-order chi connectivity index (χ0) is 22.7. The number of hydrogen-bond acceptors (Lipinski definition) is 7. The minimum Gasteiger partial charge on any atom is -0.330 e. The van der Waals surface area contributed by atoms with Crippen molar-refractivity contribution < 1.29 is 22.5 Å². The van der Waals surface area contributed by atoms with Crippen LogP contribution in [0.2, 0.25) is 0 Å². The third kappa shape index (κ3) is 4.80. The third-order valence-electron chi connectivity index (χ3n) is 4.29. The van der Waals surface area contributed by atoms with E-state index in [1.807, 2.05) is 30.3 Å². The van der Waals surface area contributed by atoms with Crippen LogP contribution in [0.3, 0.4) is 0 Å². The lowest BCUT2D eigenvalue weighted by Crippen LogP contribution is -2.15. The van der Waals surface area contributed by atoms with Gasteiger partial charge >= 0.3 is 6.18 Å². The molecule has 0 saturated heterocycles. The second-order valence-electron chi connectivity index (χ2n) is 6.57. The van der Waals surface area contributed by atoms with E-state index in [0.29, 0.717) is 16.8 Å². The Kier molecular flexibility index (Phi) is 5.95. The molecule has 0 aliphatic rings. The van der Waals surface area contributed by atoms with Gasteiger partial charge in [0.15, 0.2) is 5.16 Å². The summed E-state index contributed by atoms with van der Waals surface area (Å²) in [6.07, 6.45) is -4.49. The first-order valence-electron chi connectivity index (χ1n) is 9.20. The van der Waals surface area contributed by atoms with Gasteiger partial charge in [-0.05, 0) is 18.2 Å². The first-order chi connectivity index (χ1) is 15.3. The Morgan fingerprint density at radius 2 is 1.91 bits per heavy atom. The fourth-order valence-corrected chi connectivity index (χ4v) is 3.46. The van der Waals surface area contributed by atoms with Crippen LogP contribution in [-0.4, -0.2) is 36.6 Å². The summed E-state index contributed by atoms with van der Waals surface area (Å²) in [6.45, 7) is 0. The van der Waals surface area contributed by atoms with Gasteiger partial charge in [-0.15, -0.1) is 10.2 Å². The minimum atomic E-state index is -4.49. The van der Waals surface area contributed by atoms with Gasteiger partial charge in [-0.3, -0.25) is 4.79 Å². The molecule has 0 aliphatic heterocycles. The van der Waals surface area contributed by atoms with Crippen molar-refractivity contribution in [2.45, 2.75) is 11.3 Å². The average molecular weight is 460 g/mol. The number of anilines is 1. The van der Waals surface area contributed by atoms with Crippen LogP contribution >= 0.6 is 11.8 Å². The second kappa shape index (κ2) is 8.83. The van der Waals surface area contributed by atoms with Crippen molar-refractivity contribution in [3.8, 4) is 23.1 Å². The molecule has 12 heteroatoms. The van der Waals surface area contributed by atoms with Gasteiger partial charge in [-0.2, -0.15) is 18.2 Å². The largest absolute Gasteiger partial charge is 0.416 e. The highest BCUT2D eigenvalue weighted by molar-refractivity contribution is 7.99. The van der Waals surface area contributed by atoms with Gasteiger partial charge in [0, 0.05) is 18.3 Å². The molecule has 4 rings (SSSR count). The molecule has 0 spiro atoms. The molecule has 2 aromatic heterocycles. The van der Waals surface area contributed by atoms with Crippen molar-refractivity contribution in [2.24, 2.45) is 7.05 Å². The number of rotatable bonds is 6. The fourth-order valence-electron chi connectivity index (χ4n) is 2.75. The summed E-state index contributed by atoms with van der Waals surface area (Å²) in [4.78, 5) is 16.5. The quantitative estimate of drug-likeness (QED) is 0.429. The normalized spacial score (nSPS) is 11.5. The Hall–Kier alpha value is -3.67. The number of hydrogen-bond donors (Lipinski definition) is 1. The number of carbonyl (C=O) groups is 1. The molecule has 0 unspecified atom stereocenters. The predicted molar refractivity (Wildman–Crippen MR) is 111 cm³/mol. The van der Waals surface area contributed by atoms with Crippen molar-refractivity contribution >= 4 is 23.4 Å². The first-order valence-corrected chi connectivity index (χ1v) is 10.2. The summed E-state index contributed by atoms with van der Waals surface area (Å²) >= 11 is 1.07. The summed E-state index contributed by atoms with van der Waals surface area (Å²) < 4.78 is 45.3. The fraction of sp³-hybridized carbons (Fsp3) is 0.150. The number of thioether (sulfide) groups is 1. The molecule has 1 N–H and O–H groups in total. The van der Waals surface area contributed by atoms with Gasteiger partial charge in [0.05, 0.1) is 11.3 Å². The lowest BCUT2D eigenvalue weighted by Gasteiger charge is -2.09. The summed E-state index contributed by atoms with van der Waals surface area (Å²) in [6, 6.07) is 13.7. The van der Waals surface area contributed by atoms with Crippen molar-refractivity contribution in [3.63, 3.8) is 0 Å². The maximum Gasteiger partial charge on any atom is 0.416 e. The summed E-state index contributed by atoms with van der Waals surface area (Å²) in [5.74, 6) is 0.322. The van der Waals surface area contributed by atoms with Gasteiger partial charge in [-0.1, -0.05) is 53.3 Å². The number of nitrogens with one attached hydrogen (secondary N) is 1. The third-order valence-corrected chi connectivity index (χ3v) is 5.31. The number of benzene rings is 2. The second-order valence-corrected chi connectivity index (χ2v) is 7.51. The lowest BCUT2D eigenvalue weighted by molar-refractivity contribution is -0.137. The zero-order valence-corrected chi connectivity index (χ0v) is 17.3. The monoisotopic (exact) mass is 460 g/mol. The zero-order valence-electron chi connectivity index (χ0n) is 16.5. The highest BCUT2D eigenvalue weighted by Gasteiger charge is 2.30. The van der Waals surface area contributed by atoms with Crippen LogP contribution in [0.1, 0.15) is 5.56 Å². The number of alkyl halides is 3. The van der Waals surface area contributed by atoms with E-state index in [2.05, 4.69) is 25.7 Å². The number of nitrogens with zero attached hydrogens (tertiary/aromatic N) is 5. The number of aromatic nitrogens is 5. The van der Waals surface area contributed by atoms with Crippen molar-refractivity contribution in [1.82, 2.24) is 24.9 Å². The molecule has 32 heavy (non-hydrogen) atoms. The van der Waals surface area contributed by atoms with Crippen molar-refractivity contribution in [1.29, 1.82) is 0 Å². The van der Waals surface area contributed by atoms with Gasteiger partial charge < -0.3 is 14.4 Å². The molecule has 0 radical (unpaired) electrons. The SMILES string of the molecule is Cn1c(SCC(=O)Nc2cccc(C(F)(F)F)c2)nnc1-c1nc(-c2ccccc2)no1. The van der Waals surface area contributed by atoms with Crippen LogP contribution < -0.4 is 5.32 Å². The van der Waals surface area contributed by atoms with Crippen LogP contribution in [0.25, 0.3) is 23.1 Å². The molecule has 1 amide bonds. The maximum atomic E-state index is 12.8. The van der Waals surface area contributed by atoms with Crippen LogP contribution in [0.15, 0.2) is 64.3 Å². The molecule has 8 nitrogen and oxygen atoms in total. The van der Waals surface area contributed by atoms with E-state index in [1.54, 1.807) is 11.6 Å². The molecular weight excluding hydrogens is 445 g/mol. The topological polar surface area (TPSA) is 98.7 Å². The number of amides is 1. The van der Waals surface area contributed by atoms with E-state index in [9.17, 15) is 18.0 Å². The molecule has 0 saturated carbocycles. The molecule has 0 aliphatic carbocycles. The number of carbonyl (C=O) groups excluding carboxylic acids is 1. The molecule has 2 aromatic carbocycles. The molecule has 0 fully saturated rings. The summed E-state index contributed by atoms with van der Waals surface area (Å²) in [7, 11) is 1.68. The Labute approximate surface area is 183 Å². The highest BCUT2D eigenvalue weighted by Crippen LogP contribution is 2.31. The van der Waals surface area contributed by atoms with E-state index in [1.165, 1.54) is 12.1 Å². The average Bonchev–Trinajstić information content (AvgIpc) is 3.39. The Balaban J connectivity index is 1.40. The van der Waals surface area contributed by atoms with Gasteiger partial charge in [0.1, 0.15) is 0 Å². The van der Waals surface area contributed by atoms with Gasteiger partial charge in [0.2, 0.25) is 17.6 Å². The predicted octanol–water partition coefficient (Wildman–Crippen LogP) is 4.28. The maximum absolute atomic E-state index is 12.8. The highest BCUT2D eigenvalue weighted by atomic mass is 32.2. The van der Waals surface area contributed by atoms with Crippen LogP contribution in [0, 0.1) is 0 Å². The van der Waals surface area contributed by atoms with E-state index >= 15 is 0 Å². The van der Waals surface area contributed by atoms with Crippen LogP contribution in [-0.2, 0) is 18.0 Å². The Bertz CT molecular complexity index is 1240. The molecular formula is C20H15F3N6O2S. The molecule has 164 valence electrons. The first kappa shape index (κ1) is 21.6. The molecule has 2 heterocycles. The Morgan fingerprint density at radius 3 is 2.66 bits per heavy atom. The molecule has 0 atom stereocenters. The standard InChI is InChI=1S/C20H15F3N6O2S/c1-29-17(18-25-16(28-31-18)12-6-3-2-4-7-12)26-27-19(29)32-11-15(30)24-14-9-5-8-13(10-14)20(21,22)23/h2-10H,11H2,1H3,(H,24,30). The molecule has 4 aromatic rings. The summed E-state index contributed by atoms with van der Waals surface area (Å²) in [5.41, 5.74) is 0.00392. The van der Waals surface area contributed by atoms with Crippen molar-refractivity contribution in [2.75, 3.05) is 11.1 Å². The van der Waals surface area contributed by atoms with Gasteiger partial charge in [-0.25, -0.2) is 0 Å². The minimum absolute atomic E-state index is 0.0587. The van der Waals surface area contributed by atoms with E-state index < -0.39 is 17.6 Å². The number of halogens is 3. The van der Waals surface area contributed by atoms with E-state index in [-0.39, 0.29) is 17.3 Å². The lowest BCUT2D eigenvalue weighted by atomic mass is 10.2. The van der Waals surface area contributed by atoms with Crippen LogP contribution in [0.4, 0.5) is 18.9 Å². The van der Waals surface area contributed by atoms with E-state index in [0.717, 1.165) is 29.5 Å².